The molecule has 70 valence electrons. The zero-order chi connectivity index (χ0) is 9.26. The first-order valence-corrected chi connectivity index (χ1v) is 4.48. The number of aromatic nitrogens is 3. The third-order valence-corrected chi connectivity index (χ3v) is 2.12. The summed E-state index contributed by atoms with van der Waals surface area (Å²) >= 11 is 4.76. The molecule has 1 aliphatic heterocycles. The van der Waals surface area contributed by atoms with Gasteiger partial charge >= 0.3 is 5.69 Å². The Bertz CT molecular complexity index is 405. The highest BCUT2D eigenvalue weighted by atomic mass is 32.1. The van der Waals surface area contributed by atoms with Gasteiger partial charge in [-0.25, -0.2) is 4.79 Å². The first kappa shape index (κ1) is 8.58. The molecule has 0 spiro atoms. The molecule has 2 rings (SSSR count). The van der Waals surface area contributed by atoms with Crippen LogP contribution in [0.3, 0.4) is 0 Å². The van der Waals surface area contributed by atoms with E-state index >= 15 is 0 Å². The highest BCUT2D eigenvalue weighted by Gasteiger charge is 2.18. The molecular weight excluding hydrogens is 190 g/mol. The lowest BCUT2D eigenvalue weighted by atomic mass is 10.3. The monoisotopic (exact) mass is 199 g/mol. The smallest absolute Gasteiger partial charge is 0.345 e. The van der Waals surface area contributed by atoms with Crippen LogP contribution in [-0.4, -0.2) is 21.4 Å². The van der Waals surface area contributed by atoms with E-state index in [1.54, 1.807) is 0 Å². The average Bonchev–Trinajstić information content (AvgIpc) is 2.56. The van der Waals surface area contributed by atoms with Crippen molar-refractivity contribution in [3.05, 3.63) is 21.3 Å². The van der Waals surface area contributed by atoms with Gasteiger partial charge in [0.25, 0.3) is 0 Å². The van der Waals surface area contributed by atoms with E-state index in [9.17, 15) is 4.79 Å². The van der Waals surface area contributed by atoms with Gasteiger partial charge in [-0.1, -0.05) is 12.2 Å². The van der Waals surface area contributed by atoms with Crippen molar-refractivity contribution in [3.63, 3.8) is 0 Å². The molecule has 0 amide bonds. The highest BCUT2D eigenvalue weighted by Crippen LogP contribution is 2.19. The Hall–Kier alpha value is -1.01. The summed E-state index contributed by atoms with van der Waals surface area (Å²) in [6.07, 6.45) is 3.02. The predicted molar refractivity (Wildman–Crippen MR) is 47.9 cm³/mol. The van der Waals surface area contributed by atoms with Gasteiger partial charge in [-0.3, -0.25) is 4.98 Å². The fourth-order valence-electron chi connectivity index (χ4n) is 1.32. The average molecular weight is 199 g/mol. The summed E-state index contributed by atoms with van der Waals surface area (Å²) < 4.78 is 6.95. The number of H-pyrrole nitrogens is 1. The summed E-state index contributed by atoms with van der Waals surface area (Å²) in [6, 6.07) is 0. The molecule has 1 fully saturated rings. The van der Waals surface area contributed by atoms with Crippen LogP contribution in [0.15, 0.2) is 11.0 Å². The van der Waals surface area contributed by atoms with E-state index in [2.05, 4.69) is 10.1 Å². The summed E-state index contributed by atoms with van der Waals surface area (Å²) in [5, 5.41) is 3.90. The fourth-order valence-corrected chi connectivity index (χ4v) is 1.46. The van der Waals surface area contributed by atoms with E-state index in [1.807, 2.05) is 0 Å². The Morgan fingerprint density at radius 2 is 2.62 bits per heavy atom. The van der Waals surface area contributed by atoms with Crippen LogP contribution in [0.1, 0.15) is 19.1 Å². The Morgan fingerprint density at radius 1 is 1.77 bits per heavy atom. The third-order valence-electron chi connectivity index (χ3n) is 1.92. The zero-order valence-corrected chi connectivity index (χ0v) is 7.71. The van der Waals surface area contributed by atoms with Crippen LogP contribution in [0, 0.1) is 4.64 Å². The molecule has 5 nitrogen and oxygen atoms in total. The molecule has 0 unspecified atom stereocenters. The summed E-state index contributed by atoms with van der Waals surface area (Å²) in [7, 11) is 0. The van der Waals surface area contributed by atoms with E-state index in [4.69, 9.17) is 17.0 Å². The van der Waals surface area contributed by atoms with E-state index in [0.717, 1.165) is 12.8 Å². The second kappa shape index (κ2) is 3.39. The van der Waals surface area contributed by atoms with Crippen molar-refractivity contribution in [1.29, 1.82) is 0 Å². The van der Waals surface area contributed by atoms with Gasteiger partial charge in [-0.2, -0.15) is 9.78 Å². The number of nitrogens with zero attached hydrogens (tertiary/aromatic N) is 2. The minimum absolute atomic E-state index is 0.223. The SMILES string of the molecule is O=c1[nH]c(=S)cnn1[C@H]1CCCO1. The van der Waals surface area contributed by atoms with E-state index in [-0.39, 0.29) is 11.9 Å². The largest absolute Gasteiger partial charge is 0.356 e. The molecule has 1 aromatic heterocycles. The lowest BCUT2D eigenvalue weighted by molar-refractivity contribution is 0.0413. The maximum Gasteiger partial charge on any atom is 0.345 e. The molecule has 0 aromatic carbocycles. The Labute approximate surface area is 79.4 Å². The molecule has 1 saturated heterocycles. The van der Waals surface area contributed by atoms with Crippen molar-refractivity contribution >= 4 is 12.2 Å². The Kier molecular flexibility index (Phi) is 2.24. The molecule has 13 heavy (non-hydrogen) atoms. The van der Waals surface area contributed by atoms with Crippen molar-refractivity contribution in [3.8, 4) is 0 Å². The van der Waals surface area contributed by atoms with E-state index in [0.29, 0.717) is 11.2 Å². The van der Waals surface area contributed by atoms with Crippen LogP contribution in [0.25, 0.3) is 0 Å². The van der Waals surface area contributed by atoms with Gasteiger partial charge in [0.15, 0.2) is 6.23 Å². The van der Waals surface area contributed by atoms with Crippen LogP contribution in [0.2, 0.25) is 0 Å². The minimum atomic E-state index is -0.306. The topological polar surface area (TPSA) is 59.9 Å². The number of ether oxygens (including phenoxy) is 1. The minimum Gasteiger partial charge on any atom is -0.356 e. The van der Waals surface area contributed by atoms with E-state index < -0.39 is 0 Å². The maximum absolute atomic E-state index is 11.3. The van der Waals surface area contributed by atoms with Gasteiger partial charge in [0.1, 0.15) is 4.64 Å². The highest BCUT2D eigenvalue weighted by molar-refractivity contribution is 7.71. The van der Waals surface area contributed by atoms with Gasteiger partial charge in [0.2, 0.25) is 0 Å². The molecule has 0 saturated carbocycles. The number of hydrogen-bond acceptors (Lipinski definition) is 4. The standard InChI is InChI=1S/C7H9N3O2S/c11-7-9-5(13)4-8-10(7)6-2-1-3-12-6/h4,6H,1-3H2,(H,9,11,13)/t6-/m1/s1. The Balaban J connectivity index is 2.40. The number of nitrogens with one attached hydrogen (secondary N) is 1. The van der Waals surface area contributed by atoms with Crippen molar-refractivity contribution in [2.24, 2.45) is 0 Å². The molecule has 0 bridgehead atoms. The molecule has 6 heteroatoms. The molecule has 1 aliphatic rings. The zero-order valence-electron chi connectivity index (χ0n) is 6.90. The van der Waals surface area contributed by atoms with E-state index in [1.165, 1.54) is 10.9 Å². The van der Waals surface area contributed by atoms with Crippen molar-refractivity contribution < 1.29 is 4.74 Å². The third kappa shape index (κ3) is 1.68. The number of rotatable bonds is 1. The van der Waals surface area contributed by atoms with Gasteiger partial charge in [-0.05, 0) is 12.8 Å². The lowest BCUT2D eigenvalue weighted by Gasteiger charge is -2.09. The summed E-state index contributed by atoms with van der Waals surface area (Å²) in [5.41, 5.74) is -0.306. The summed E-state index contributed by atoms with van der Waals surface area (Å²) in [6.45, 7) is 0.689. The molecule has 1 N–H and O–H groups in total. The number of aromatic amines is 1. The first-order valence-electron chi connectivity index (χ1n) is 4.07. The van der Waals surface area contributed by atoms with Crippen LogP contribution in [0.4, 0.5) is 0 Å². The van der Waals surface area contributed by atoms with Crippen molar-refractivity contribution in [2.45, 2.75) is 19.1 Å². The molecule has 2 heterocycles. The van der Waals surface area contributed by atoms with Crippen LogP contribution >= 0.6 is 12.2 Å². The van der Waals surface area contributed by atoms with Crippen LogP contribution < -0.4 is 5.69 Å². The molecular formula is C7H9N3O2S. The Morgan fingerprint density at radius 3 is 3.23 bits per heavy atom. The summed E-state index contributed by atoms with van der Waals surface area (Å²) in [5.74, 6) is 0. The lowest BCUT2D eigenvalue weighted by Crippen LogP contribution is -2.28. The van der Waals surface area contributed by atoms with Gasteiger partial charge < -0.3 is 4.74 Å². The summed E-state index contributed by atoms with van der Waals surface area (Å²) in [4.78, 5) is 13.8. The number of hydrogen-bond donors (Lipinski definition) is 1. The molecule has 0 aliphatic carbocycles. The second-order valence-corrected chi connectivity index (χ2v) is 3.29. The molecule has 0 radical (unpaired) electrons. The van der Waals surface area contributed by atoms with Crippen molar-refractivity contribution in [1.82, 2.24) is 14.8 Å². The van der Waals surface area contributed by atoms with Crippen LogP contribution in [-0.2, 0) is 4.74 Å². The second-order valence-electron chi connectivity index (χ2n) is 2.85. The van der Waals surface area contributed by atoms with Crippen LogP contribution in [0.5, 0.6) is 0 Å². The van der Waals surface area contributed by atoms with Gasteiger partial charge in [0, 0.05) is 6.61 Å². The van der Waals surface area contributed by atoms with Gasteiger partial charge in [0.05, 0.1) is 6.20 Å². The van der Waals surface area contributed by atoms with Crippen molar-refractivity contribution in [2.75, 3.05) is 6.61 Å². The molecule has 1 atom stereocenters. The fraction of sp³-hybridized carbons (Fsp3) is 0.571. The predicted octanol–water partition coefficient (Wildman–Crippen LogP) is 0.610. The quantitative estimate of drug-likeness (QED) is 0.673. The molecule has 1 aromatic rings. The van der Waals surface area contributed by atoms with Gasteiger partial charge in [-0.15, -0.1) is 0 Å². The normalized spacial score (nSPS) is 22.0. The first-order chi connectivity index (χ1) is 6.27. The maximum atomic E-state index is 11.3.